The number of hydrogen-bond donors (Lipinski definition) is 5. The standard InChI is InChI=1S/C29H29ClN8O2S.2C2HF3O2/c1-17-26(41-16-33-17)28(40)38-8-6-18(7-9-38)11-25(39)36-24-5-4-21-12-20(24)3-2-19-10-22(14-31-13-19)35-29-32-15-23(30)27(34-21)37-29;2*3-2(4,5)1(6)7/h4-5,10,12-16,18H,2-3,6-9,11H2,1H3,(H,36,39)(H2,32,34,35,37);2*(H,6,7). The van der Waals surface area contributed by atoms with Crippen LogP contribution in [0.5, 0.6) is 0 Å². The van der Waals surface area contributed by atoms with Crippen molar-refractivity contribution in [1.29, 1.82) is 0 Å². The molecule has 0 radical (unpaired) electrons. The summed E-state index contributed by atoms with van der Waals surface area (Å²) in [5.41, 5.74) is 6.89. The lowest BCUT2D eigenvalue weighted by Gasteiger charge is -2.31. The fourth-order valence-electron chi connectivity index (χ4n) is 5.21. The minimum Gasteiger partial charge on any atom is -0.475 e. The number of anilines is 5. The van der Waals surface area contributed by atoms with Crippen molar-refractivity contribution in [3.63, 3.8) is 0 Å². The molecule has 0 unspecified atom stereocenters. The average Bonchev–Trinajstić information content (AvgIpc) is 3.55. The molecule has 14 nitrogen and oxygen atoms in total. The van der Waals surface area contributed by atoms with Crippen molar-refractivity contribution in [1.82, 2.24) is 24.8 Å². The van der Waals surface area contributed by atoms with Crippen LogP contribution in [0.3, 0.4) is 0 Å². The fourth-order valence-corrected chi connectivity index (χ4v) is 6.11. The van der Waals surface area contributed by atoms with Crippen molar-refractivity contribution in [3.8, 4) is 0 Å². The van der Waals surface area contributed by atoms with Gasteiger partial charge in [0.05, 0.1) is 29.3 Å². The SMILES string of the molecule is Cc1ncsc1C(=O)N1CCC(CC(=O)Nc2ccc3cc2CCc2cncc(c2)Nc2ncc(Cl)c(n2)N3)CC1.O=C(O)C(F)(F)F.O=C(O)C(F)(F)F. The summed E-state index contributed by atoms with van der Waals surface area (Å²) in [5, 5.41) is 24.3. The van der Waals surface area contributed by atoms with Gasteiger partial charge in [-0.05, 0) is 73.9 Å². The first-order valence-electron chi connectivity index (χ1n) is 16.0. The Kier molecular flexibility index (Phi) is 13.9. The monoisotopic (exact) mass is 816 g/mol. The van der Waals surface area contributed by atoms with Gasteiger partial charge >= 0.3 is 24.3 Å². The Bertz CT molecular complexity index is 2000. The van der Waals surface area contributed by atoms with Crippen molar-refractivity contribution < 1.29 is 55.7 Å². The molecule has 5 N–H and O–H groups in total. The summed E-state index contributed by atoms with van der Waals surface area (Å²) >= 11 is 7.76. The summed E-state index contributed by atoms with van der Waals surface area (Å²) in [6, 6.07) is 7.85. The number of carbonyl (C=O) groups excluding carboxylic acids is 2. The molecular formula is C33H31ClF6N8O6S. The van der Waals surface area contributed by atoms with E-state index in [1.165, 1.54) is 11.3 Å². The fraction of sp³-hybridized carbons (Fsp3) is 0.333. The molecule has 3 aromatic heterocycles. The third-order valence-electron chi connectivity index (χ3n) is 7.92. The number of nitrogens with zero attached hydrogens (tertiary/aromatic N) is 5. The number of hydrogen-bond acceptors (Lipinski definition) is 11. The number of pyridine rings is 1. The van der Waals surface area contributed by atoms with E-state index in [9.17, 15) is 35.9 Å². The molecule has 0 atom stereocenters. The number of aliphatic carboxylic acids is 2. The second kappa shape index (κ2) is 18.2. The molecule has 0 saturated carbocycles. The van der Waals surface area contributed by atoms with Crippen LogP contribution in [-0.2, 0) is 27.2 Å². The van der Waals surface area contributed by atoms with Gasteiger partial charge in [-0.25, -0.2) is 19.6 Å². The van der Waals surface area contributed by atoms with E-state index >= 15 is 0 Å². The van der Waals surface area contributed by atoms with Crippen molar-refractivity contribution in [2.45, 2.75) is 51.4 Å². The van der Waals surface area contributed by atoms with Gasteiger partial charge < -0.3 is 31.1 Å². The molecule has 1 aromatic carbocycles. The summed E-state index contributed by atoms with van der Waals surface area (Å²) in [6.45, 7) is 3.16. The maximum absolute atomic E-state index is 13.2. The predicted molar refractivity (Wildman–Crippen MR) is 188 cm³/mol. The van der Waals surface area contributed by atoms with Gasteiger partial charge in [0.25, 0.3) is 5.91 Å². The zero-order valence-corrected chi connectivity index (χ0v) is 30.0. The third kappa shape index (κ3) is 12.5. The molecule has 2 amide bonds. The molecule has 0 aliphatic carbocycles. The molecular weight excluding hydrogens is 786 g/mol. The van der Waals surface area contributed by atoms with E-state index < -0.39 is 24.3 Å². The summed E-state index contributed by atoms with van der Waals surface area (Å²) < 4.78 is 63.5. The van der Waals surface area contributed by atoms with Crippen LogP contribution < -0.4 is 16.0 Å². The molecule has 2 aliphatic rings. The van der Waals surface area contributed by atoms with Crippen LogP contribution in [0.25, 0.3) is 0 Å². The highest BCUT2D eigenvalue weighted by atomic mass is 35.5. The van der Waals surface area contributed by atoms with Crippen LogP contribution in [0.1, 0.15) is 45.8 Å². The molecule has 5 heterocycles. The number of aryl methyl sites for hydroxylation is 3. The number of fused-ring (bicyclic) bond motifs is 6. The molecule has 1 fully saturated rings. The zero-order chi connectivity index (χ0) is 40.5. The molecule has 6 rings (SSSR count). The Morgan fingerprint density at radius 2 is 1.58 bits per heavy atom. The van der Waals surface area contributed by atoms with Crippen molar-refractivity contribution in [2.24, 2.45) is 5.92 Å². The molecule has 4 aromatic rings. The van der Waals surface area contributed by atoms with E-state index in [4.69, 9.17) is 31.4 Å². The number of nitrogens with one attached hydrogen (secondary N) is 3. The number of rotatable bonds is 4. The average molecular weight is 817 g/mol. The predicted octanol–water partition coefficient (Wildman–Crippen LogP) is 7.02. The molecule has 0 spiro atoms. The number of carbonyl (C=O) groups is 4. The van der Waals surface area contributed by atoms with Gasteiger partial charge in [-0.1, -0.05) is 11.6 Å². The largest absolute Gasteiger partial charge is 0.490 e. The van der Waals surface area contributed by atoms with Crippen LogP contribution >= 0.6 is 22.9 Å². The first-order chi connectivity index (χ1) is 25.8. The van der Waals surface area contributed by atoms with E-state index in [-0.39, 0.29) is 17.7 Å². The van der Waals surface area contributed by atoms with Crippen LogP contribution in [0.2, 0.25) is 5.02 Å². The first-order valence-corrected chi connectivity index (χ1v) is 17.3. The number of alkyl halides is 6. The van der Waals surface area contributed by atoms with E-state index in [0.29, 0.717) is 47.6 Å². The summed E-state index contributed by atoms with van der Waals surface area (Å²) in [5.74, 6) is -4.39. The zero-order valence-electron chi connectivity index (χ0n) is 28.5. The summed E-state index contributed by atoms with van der Waals surface area (Å²) in [7, 11) is 0. The number of likely N-dealkylation sites (tertiary alicyclic amines) is 1. The van der Waals surface area contributed by atoms with E-state index in [2.05, 4.69) is 35.9 Å². The molecule has 22 heteroatoms. The van der Waals surface area contributed by atoms with Crippen LogP contribution in [-0.4, -0.2) is 84.2 Å². The second-order valence-electron chi connectivity index (χ2n) is 12.0. The van der Waals surface area contributed by atoms with Gasteiger partial charge in [0.2, 0.25) is 11.9 Å². The quantitative estimate of drug-likeness (QED) is 0.132. The number of carboxylic acids is 2. The molecule has 294 valence electrons. The van der Waals surface area contributed by atoms with Gasteiger partial charge in [0.15, 0.2) is 5.82 Å². The number of amides is 2. The van der Waals surface area contributed by atoms with Crippen LogP contribution in [0.15, 0.2) is 48.4 Å². The summed E-state index contributed by atoms with van der Waals surface area (Å²) in [4.78, 5) is 63.7. The van der Waals surface area contributed by atoms with Gasteiger partial charge in [-0.2, -0.15) is 31.3 Å². The number of benzene rings is 1. The van der Waals surface area contributed by atoms with Gasteiger partial charge in [-0.15, -0.1) is 11.3 Å². The first kappa shape index (κ1) is 42.2. The number of aromatic nitrogens is 4. The molecule has 1 saturated heterocycles. The lowest BCUT2D eigenvalue weighted by molar-refractivity contribution is -0.193. The number of piperidine rings is 1. The number of halogens is 7. The van der Waals surface area contributed by atoms with E-state index in [1.54, 1.807) is 17.9 Å². The van der Waals surface area contributed by atoms with Gasteiger partial charge in [0.1, 0.15) is 9.90 Å². The Labute approximate surface area is 317 Å². The Balaban J connectivity index is 0.000000410. The van der Waals surface area contributed by atoms with Crippen molar-refractivity contribution >= 4 is 75.5 Å². The van der Waals surface area contributed by atoms with Crippen molar-refractivity contribution in [2.75, 3.05) is 29.0 Å². The van der Waals surface area contributed by atoms with Crippen LogP contribution in [0, 0.1) is 12.8 Å². The molecule has 6 bridgehead atoms. The summed E-state index contributed by atoms with van der Waals surface area (Å²) in [6.07, 6.45) is -1.61. The van der Waals surface area contributed by atoms with Crippen LogP contribution in [0.4, 0.5) is 55.2 Å². The minimum absolute atomic E-state index is 0.0238. The molecule has 55 heavy (non-hydrogen) atoms. The highest BCUT2D eigenvalue weighted by Crippen LogP contribution is 2.30. The number of thiazole rings is 1. The van der Waals surface area contributed by atoms with E-state index in [1.807, 2.05) is 42.3 Å². The van der Waals surface area contributed by atoms with Gasteiger partial charge in [-0.3, -0.25) is 14.6 Å². The third-order valence-corrected chi connectivity index (χ3v) is 9.11. The number of carboxylic acid groups (broad SMARTS) is 2. The van der Waals surface area contributed by atoms with E-state index in [0.717, 1.165) is 53.1 Å². The smallest absolute Gasteiger partial charge is 0.475 e. The lowest BCUT2D eigenvalue weighted by Crippen LogP contribution is -2.39. The lowest BCUT2D eigenvalue weighted by atomic mass is 9.93. The molecule has 2 aliphatic heterocycles. The Morgan fingerprint density at radius 3 is 2.18 bits per heavy atom. The Hall–Kier alpha value is -5.57. The van der Waals surface area contributed by atoms with Crippen molar-refractivity contribution in [3.05, 3.63) is 75.1 Å². The maximum atomic E-state index is 13.2. The topological polar surface area (TPSA) is 200 Å². The Morgan fingerprint density at radius 1 is 0.927 bits per heavy atom. The maximum Gasteiger partial charge on any atom is 0.490 e. The highest BCUT2D eigenvalue weighted by Gasteiger charge is 2.39. The normalized spacial score (nSPS) is 14.1. The highest BCUT2D eigenvalue weighted by molar-refractivity contribution is 7.11. The van der Waals surface area contributed by atoms with Gasteiger partial charge in [0, 0.05) is 37.1 Å². The minimum atomic E-state index is -5.08. The second-order valence-corrected chi connectivity index (χ2v) is 13.2.